The summed E-state index contributed by atoms with van der Waals surface area (Å²) >= 11 is 0. The molecule has 1 heterocycles. The molecule has 0 bridgehead atoms. The van der Waals surface area contributed by atoms with Gasteiger partial charge in [-0.3, -0.25) is 14.6 Å². The van der Waals surface area contributed by atoms with Crippen LogP contribution >= 0.6 is 0 Å². The van der Waals surface area contributed by atoms with E-state index in [1.54, 1.807) is 60.9 Å². The van der Waals surface area contributed by atoms with Crippen LogP contribution in [0.15, 0.2) is 73.1 Å². The summed E-state index contributed by atoms with van der Waals surface area (Å²) in [5.41, 5.74) is 8.98. The first kappa shape index (κ1) is 19.1. The van der Waals surface area contributed by atoms with Crippen LogP contribution in [0.2, 0.25) is 0 Å². The fraction of sp³-hybridized carbons (Fsp3) is 0.0952. The summed E-state index contributed by atoms with van der Waals surface area (Å²) in [5.74, 6) is -0.438. The quantitative estimate of drug-likeness (QED) is 0.475. The number of benzene rings is 2. The molecule has 0 aliphatic carbocycles. The van der Waals surface area contributed by atoms with Crippen molar-refractivity contribution in [1.29, 1.82) is 0 Å². The van der Waals surface area contributed by atoms with Crippen LogP contribution in [0.4, 0.5) is 17.1 Å². The number of para-hydroxylation sites is 2. The predicted molar refractivity (Wildman–Crippen MR) is 110 cm³/mol. The van der Waals surface area contributed by atoms with Crippen molar-refractivity contribution < 1.29 is 9.59 Å². The molecule has 0 atom stereocenters. The zero-order valence-electron chi connectivity index (χ0n) is 15.2. The van der Waals surface area contributed by atoms with Gasteiger partial charge in [0.25, 0.3) is 5.91 Å². The van der Waals surface area contributed by atoms with Crippen LogP contribution in [0.3, 0.4) is 0 Å². The number of aromatic nitrogens is 1. The molecule has 3 rings (SSSR count). The summed E-state index contributed by atoms with van der Waals surface area (Å²) in [5, 5.41) is 8.60. The number of carbonyl (C=O) groups excluding carboxylic acids is 2. The third-order valence-electron chi connectivity index (χ3n) is 3.98. The van der Waals surface area contributed by atoms with Gasteiger partial charge in [-0.1, -0.05) is 18.2 Å². The number of rotatable bonds is 7. The number of amides is 2. The van der Waals surface area contributed by atoms with E-state index in [4.69, 9.17) is 5.73 Å². The lowest BCUT2D eigenvalue weighted by molar-refractivity contribution is -0.115. The van der Waals surface area contributed by atoms with E-state index in [-0.39, 0.29) is 18.4 Å². The van der Waals surface area contributed by atoms with E-state index in [0.717, 1.165) is 5.56 Å². The summed E-state index contributed by atoms with van der Waals surface area (Å²) in [6.07, 6.45) is 3.45. The van der Waals surface area contributed by atoms with Crippen molar-refractivity contribution in [3.63, 3.8) is 0 Å². The predicted octanol–water partition coefficient (Wildman–Crippen LogP) is 2.64. The van der Waals surface area contributed by atoms with Crippen LogP contribution in [0.1, 0.15) is 15.9 Å². The van der Waals surface area contributed by atoms with Crippen LogP contribution in [0.5, 0.6) is 0 Å². The molecule has 7 nitrogen and oxygen atoms in total. The first-order valence-corrected chi connectivity index (χ1v) is 8.77. The van der Waals surface area contributed by atoms with Gasteiger partial charge < -0.3 is 21.7 Å². The Bertz CT molecular complexity index is 943. The number of hydrogen-bond acceptors (Lipinski definition) is 5. The number of nitrogens with zero attached hydrogens (tertiary/aromatic N) is 1. The van der Waals surface area contributed by atoms with Crippen molar-refractivity contribution >= 4 is 28.9 Å². The highest BCUT2D eigenvalue weighted by atomic mass is 16.2. The summed E-state index contributed by atoms with van der Waals surface area (Å²) < 4.78 is 0. The number of nitrogen functional groups attached to an aromatic ring is 1. The fourth-order valence-electron chi connectivity index (χ4n) is 2.54. The van der Waals surface area contributed by atoms with E-state index in [1.807, 2.05) is 12.1 Å². The number of hydrogen-bond donors (Lipinski definition) is 4. The van der Waals surface area contributed by atoms with E-state index in [2.05, 4.69) is 20.9 Å². The van der Waals surface area contributed by atoms with Gasteiger partial charge >= 0.3 is 0 Å². The largest absolute Gasteiger partial charge is 0.397 e. The molecular weight excluding hydrogens is 354 g/mol. The Hall–Kier alpha value is -3.71. The molecule has 0 fully saturated rings. The van der Waals surface area contributed by atoms with Crippen molar-refractivity contribution in [1.82, 2.24) is 10.3 Å². The van der Waals surface area contributed by atoms with Gasteiger partial charge in [-0.05, 0) is 48.0 Å². The summed E-state index contributed by atoms with van der Waals surface area (Å²) in [6.45, 7) is 0.730. The first-order valence-electron chi connectivity index (χ1n) is 8.77. The summed E-state index contributed by atoms with van der Waals surface area (Å²) in [6, 6.07) is 17.5. The molecule has 0 saturated heterocycles. The van der Waals surface area contributed by atoms with E-state index >= 15 is 0 Å². The SMILES string of the molecule is Nc1ccccc1NC(=O)c1ccc(NC(=O)CNCc2cccnc2)cc1. The lowest BCUT2D eigenvalue weighted by Gasteiger charge is -2.09. The van der Waals surface area contributed by atoms with Gasteiger partial charge in [0.15, 0.2) is 0 Å². The van der Waals surface area contributed by atoms with Gasteiger partial charge in [-0.25, -0.2) is 0 Å². The van der Waals surface area contributed by atoms with Crippen LogP contribution in [-0.2, 0) is 11.3 Å². The number of nitrogens with two attached hydrogens (primary N) is 1. The van der Waals surface area contributed by atoms with Crippen molar-refractivity contribution in [2.75, 3.05) is 22.9 Å². The maximum absolute atomic E-state index is 12.3. The standard InChI is InChI=1S/C21H21N5O2/c22-18-5-1-2-6-19(18)26-21(28)16-7-9-17(10-8-16)25-20(27)14-24-13-15-4-3-11-23-12-15/h1-12,24H,13-14,22H2,(H,25,27)(H,26,28). The van der Waals surface area contributed by atoms with Gasteiger partial charge in [-0.15, -0.1) is 0 Å². The first-order chi connectivity index (χ1) is 13.6. The molecular formula is C21H21N5O2. The van der Waals surface area contributed by atoms with Crippen LogP contribution < -0.4 is 21.7 Å². The molecule has 142 valence electrons. The molecule has 2 amide bonds. The van der Waals surface area contributed by atoms with Gasteiger partial charge in [0, 0.05) is 30.2 Å². The Morgan fingerprint density at radius 2 is 1.71 bits per heavy atom. The Morgan fingerprint density at radius 3 is 2.43 bits per heavy atom. The van der Waals surface area contributed by atoms with Crippen molar-refractivity contribution in [2.24, 2.45) is 0 Å². The average Bonchev–Trinajstić information content (AvgIpc) is 2.71. The minimum absolute atomic E-state index is 0.168. The molecule has 0 radical (unpaired) electrons. The molecule has 7 heteroatoms. The van der Waals surface area contributed by atoms with Crippen molar-refractivity contribution in [2.45, 2.75) is 6.54 Å². The minimum atomic E-state index is -0.270. The van der Waals surface area contributed by atoms with E-state index < -0.39 is 0 Å². The van der Waals surface area contributed by atoms with Crippen LogP contribution in [0.25, 0.3) is 0 Å². The Labute approximate surface area is 163 Å². The van der Waals surface area contributed by atoms with Gasteiger partial charge in [0.05, 0.1) is 17.9 Å². The molecule has 0 aliphatic rings. The lowest BCUT2D eigenvalue weighted by Crippen LogP contribution is -2.27. The highest BCUT2D eigenvalue weighted by Gasteiger charge is 2.08. The van der Waals surface area contributed by atoms with Gasteiger partial charge in [-0.2, -0.15) is 0 Å². The zero-order chi connectivity index (χ0) is 19.8. The Balaban J connectivity index is 1.49. The molecule has 0 saturated carbocycles. The number of carbonyl (C=O) groups is 2. The molecule has 2 aromatic carbocycles. The topological polar surface area (TPSA) is 109 Å². The molecule has 28 heavy (non-hydrogen) atoms. The van der Waals surface area contributed by atoms with Crippen molar-refractivity contribution in [3.8, 4) is 0 Å². The monoisotopic (exact) mass is 375 g/mol. The number of nitrogens with one attached hydrogen (secondary N) is 3. The number of pyridine rings is 1. The smallest absolute Gasteiger partial charge is 0.255 e. The highest BCUT2D eigenvalue weighted by Crippen LogP contribution is 2.18. The van der Waals surface area contributed by atoms with Crippen LogP contribution in [-0.4, -0.2) is 23.3 Å². The van der Waals surface area contributed by atoms with Crippen LogP contribution in [0, 0.1) is 0 Å². The van der Waals surface area contributed by atoms with E-state index in [1.165, 1.54) is 0 Å². The minimum Gasteiger partial charge on any atom is -0.397 e. The zero-order valence-corrected chi connectivity index (χ0v) is 15.2. The van der Waals surface area contributed by atoms with E-state index in [9.17, 15) is 9.59 Å². The van der Waals surface area contributed by atoms with E-state index in [0.29, 0.717) is 29.2 Å². The molecule has 0 aliphatic heterocycles. The second-order valence-electron chi connectivity index (χ2n) is 6.13. The Kier molecular flexibility index (Phi) is 6.33. The second-order valence-corrected chi connectivity index (χ2v) is 6.13. The molecule has 0 unspecified atom stereocenters. The molecule has 5 N–H and O–H groups in total. The van der Waals surface area contributed by atoms with Crippen molar-refractivity contribution in [3.05, 3.63) is 84.2 Å². The third kappa shape index (κ3) is 5.39. The molecule has 1 aromatic heterocycles. The maximum atomic E-state index is 12.3. The Morgan fingerprint density at radius 1 is 0.929 bits per heavy atom. The van der Waals surface area contributed by atoms with Gasteiger partial charge in [0.1, 0.15) is 0 Å². The average molecular weight is 375 g/mol. The fourth-order valence-corrected chi connectivity index (χ4v) is 2.54. The van der Waals surface area contributed by atoms with Gasteiger partial charge in [0.2, 0.25) is 5.91 Å². The molecule has 3 aromatic rings. The summed E-state index contributed by atoms with van der Waals surface area (Å²) in [4.78, 5) is 28.3. The lowest BCUT2D eigenvalue weighted by atomic mass is 10.2. The maximum Gasteiger partial charge on any atom is 0.255 e. The second kappa shape index (κ2) is 9.29. The molecule has 0 spiro atoms. The summed E-state index contributed by atoms with van der Waals surface area (Å²) in [7, 11) is 0. The highest BCUT2D eigenvalue weighted by molar-refractivity contribution is 6.06. The third-order valence-corrected chi connectivity index (χ3v) is 3.98. The normalized spacial score (nSPS) is 10.3. The number of anilines is 3.